The van der Waals surface area contributed by atoms with Gasteiger partial charge in [0, 0.05) is 12.8 Å². The van der Waals surface area contributed by atoms with Crippen LogP contribution in [0.1, 0.15) is 52.4 Å². The monoisotopic (exact) mass is 335 g/mol. The van der Waals surface area contributed by atoms with Gasteiger partial charge in [-0.25, -0.2) is 0 Å². The highest BCUT2D eigenvalue weighted by molar-refractivity contribution is 5.89. The molecule has 1 unspecified atom stereocenters. The summed E-state index contributed by atoms with van der Waals surface area (Å²) in [6.07, 6.45) is 10.8. The van der Waals surface area contributed by atoms with E-state index in [1.807, 2.05) is 0 Å². The zero-order chi connectivity index (χ0) is 17.6. The van der Waals surface area contributed by atoms with Crippen LogP contribution in [0.15, 0.2) is 23.5 Å². The van der Waals surface area contributed by atoms with Gasteiger partial charge in [-0.05, 0) is 56.9 Å². The molecule has 2 aliphatic rings. The molecule has 24 heavy (non-hydrogen) atoms. The summed E-state index contributed by atoms with van der Waals surface area (Å²) >= 11 is 0. The van der Waals surface area contributed by atoms with Crippen LogP contribution in [0, 0.1) is 5.41 Å². The molecule has 1 aliphatic carbocycles. The van der Waals surface area contributed by atoms with E-state index in [0.717, 1.165) is 61.3 Å². The number of hydrogen-bond acceptors (Lipinski definition) is 3. The average Bonchev–Trinajstić information content (AvgIpc) is 2.59. The Morgan fingerprint density at radius 3 is 2.58 bits per heavy atom. The first kappa shape index (κ1) is 19.0. The lowest BCUT2D eigenvalue weighted by atomic mass is 9.80. The second-order valence-electron chi connectivity index (χ2n) is 7.31. The number of piperidine rings is 1. The van der Waals surface area contributed by atoms with Crippen LogP contribution in [0.4, 0.5) is 0 Å². The number of nitrogens with two attached hydrogens (primary N) is 2. The molecule has 0 aromatic carbocycles. The third-order valence-electron chi connectivity index (χ3n) is 5.68. The molecule has 0 saturated carbocycles. The summed E-state index contributed by atoms with van der Waals surface area (Å²) in [5, 5.41) is 8.44. The van der Waals surface area contributed by atoms with E-state index in [0.29, 0.717) is 6.54 Å². The van der Waals surface area contributed by atoms with E-state index >= 15 is 0 Å². The van der Waals surface area contributed by atoms with Crippen molar-refractivity contribution in [2.24, 2.45) is 11.5 Å². The molecule has 0 amide bonds. The molecule has 0 aromatic rings. The molecule has 5 nitrogen and oxygen atoms in total. The van der Waals surface area contributed by atoms with Crippen molar-refractivity contribution >= 4 is 5.84 Å². The first-order valence-corrected chi connectivity index (χ1v) is 9.45. The Kier molecular flexibility index (Phi) is 6.47. The minimum Gasteiger partial charge on any atom is -0.494 e. The normalized spacial score (nSPS) is 26.5. The Balaban J connectivity index is 2.36. The van der Waals surface area contributed by atoms with Gasteiger partial charge >= 0.3 is 0 Å². The molecule has 1 saturated heterocycles. The number of likely N-dealkylation sites (tertiary alicyclic amines) is 1. The summed E-state index contributed by atoms with van der Waals surface area (Å²) in [7, 11) is 0. The van der Waals surface area contributed by atoms with Gasteiger partial charge in [-0.15, -0.1) is 0 Å². The van der Waals surface area contributed by atoms with Crippen LogP contribution in [0.2, 0.25) is 0 Å². The molecule has 2 rings (SSSR count). The van der Waals surface area contributed by atoms with Crippen LogP contribution >= 0.6 is 0 Å². The zero-order valence-corrected chi connectivity index (χ0v) is 15.4. The minimum absolute atomic E-state index is 0.284. The van der Waals surface area contributed by atoms with Gasteiger partial charge in [0.2, 0.25) is 0 Å². The van der Waals surface area contributed by atoms with Gasteiger partial charge in [-0.1, -0.05) is 6.92 Å². The van der Waals surface area contributed by atoms with Crippen molar-refractivity contribution in [2.75, 3.05) is 32.8 Å². The third-order valence-corrected chi connectivity index (χ3v) is 5.68. The Labute approximate surface area is 146 Å². The molecule has 1 heterocycles. The topological polar surface area (TPSA) is 85.1 Å². The number of allylic oxidation sites excluding steroid dienone is 1. The summed E-state index contributed by atoms with van der Waals surface area (Å²) in [6, 6.07) is 0. The highest BCUT2D eigenvalue weighted by Gasteiger charge is 2.53. The number of quaternary nitrogens is 1. The first-order valence-electron chi connectivity index (χ1n) is 9.45. The molecule has 0 spiro atoms. The molecule has 1 aliphatic heterocycles. The number of nitrogens with zero attached hydrogens (tertiary/aromatic N) is 1. The Morgan fingerprint density at radius 1 is 1.33 bits per heavy atom. The fourth-order valence-electron chi connectivity index (χ4n) is 4.39. The fraction of sp³-hybridized carbons (Fsp3) is 0.737. The largest absolute Gasteiger partial charge is 0.494 e. The van der Waals surface area contributed by atoms with E-state index in [1.54, 1.807) is 0 Å². The highest BCUT2D eigenvalue weighted by Crippen LogP contribution is 2.40. The molecule has 1 atom stereocenters. The summed E-state index contributed by atoms with van der Waals surface area (Å²) in [5.41, 5.74) is 12.7. The molecule has 136 valence electrons. The Hall–Kier alpha value is -1.33. The Bertz CT molecular complexity index is 505. The van der Waals surface area contributed by atoms with Gasteiger partial charge in [0.15, 0.2) is 11.4 Å². The summed E-state index contributed by atoms with van der Waals surface area (Å²) < 4.78 is 6.76. The van der Waals surface area contributed by atoms with Crippen molar-refractivity contribution in [2.45, 2.75) is 57.9 Å². The lowest BCUT2D eigenvalue weighted by Gasteiger charge is -2.54. The van der Waals surface area contributed by atoms with Crippen LogP contribution in [-0.4, -0.2) is 48.6 Å². The van der Waals surface area contributed by atoms with Gasteiger partial charge in [0.25, 0.3) is 0 Å². The number of rotatable bonds is 8. The molecule has 5 N–H and O–H groups in total. The van der Waals surface area contributed by atoms with Crippen molar-refractivity contribution < 1.29 is 9.22 Å². The van der Waals surface area contributed by atoms with Crippen LogP contribution in [0.3, 0.4) is 0 Å². The molecule has 0 aromatic heterocycles. The maximum Gasteiger partial charge on any atom is 0.179 e. The molecule has 5 heteroatoms. The standard InChI is InChI=1S/C19H35N4O/c1-3-14-24-17-8-9-19(18(21)22,15-16(17)2)23(13-7-10-20)11-5-4-6-12-23/h8,15H,3-7,9-14,20H2,1-2H3,(H3,21,22)/q+1. The summed E-state index contributed by atoms with van der Waals surface area (Å²) in [5.74, 6) is 1.24. The quantitative estimate of drug-likeness (QED) is 0.362. The van der Waals surface area contributed by atoms with Gasteiger partial charge in [0.05, 0.1) is 26.2 Å². The van der Waals surface area contributed by atoms with Gasteiger partial charge < -0.3 is 20.7 Å². The number of hydrogen-bond donors (Lipinski definition) is 3. The van der Waals surface area contributed by atoms with Crippen LogP contribution in [-0.2, 0) is 4.74 Å². The molecular formula is C19H35N4O+. The number of amidine groups is 1. The molecule has 1 fully saturated rings. The SMILES string of the molecule is CCCOC1=CCC(C(=N)N)([N+]2(CCCN)CCCCC2)C=C1C. The Morgan fingerprint density at radius 2 is 2.04 bits per heavy atom. The van der Waals surface area contributed by atoms with Crippen molar-refractivity contribution in [3.05, 3.63) is 23.5 Å². The van der Waals surface area contributed by atoms with Gasteiger partial charge in [-0.2, -0.15) is 0 Å². The van der Waals surface area contributed by atoms with Gasteiger partial charge in [-0.3, -0.25) is 5.41 Å². The van der Waals surface area contributed by atoms with Crippen LogP contribution in [0.5, 0.6) is 0 Å². The second kappa shape index (κ2) is 8.17. The maximum atomic E-state index is 8.44. The lowest BCUT2D eigenvalue weighted by Crippen LogP contribution is -2.71. The number of ether oxygens (including phenoxy) is 1. The second-order valence-corrected chi connectivity index (χ2v) is 7.31. The number of nitrogens with one attached hydrogen (secondary N) is 1. The predicted octanol–water partition coefficient (Wildman–Crippen LogP) is 2.67. The minimum atomic E-state index is -0.432. The highest BCUT2D eigenvalue weighted by atomic mass is 16.5. The van der Waals surface area contributed by atoms with E-state index in [-0.39, 0.29) is 5.84 Å². The molecule has 0 bridgehead atoms. The van der Waals surface area contributed by atoms with E-state index in [2.05, 4.69) is 26.0 Å². The maximum absolute atomic E-state index is 8.44. The van der Waals surface area contributed by atoms with E-state index in [1.165, 1.54) is 19.3 Å². The predicted molar refractivity (Wildman–Crippen MR) is 99.7 cm³/mol. The van der Waals surface area contributed by atoms with Crippen molar-refractivity contribution in [3.63, 3.8) is 0 Å². The van der Waals surface area contributed by atoms with Crippen molar-refractivity contribution in [3.8, 4) is 0 Å². The summed E-state index contributed by atoms with van der Waals surface area (Å²) in [4.78, 5) is 0. The molecular weight excluding hydrogens is 300 g/mol. The van der Waals surface area contributed by atoms with Crippen LogP contribution < -0.4 is 11.5 Å². The van der Waals surface area contributed by atoms with E-state index < -0.39 is 5.54 Å². The van der Waals surface area contributed by atoms with Gasteiger partial charge in [0.1, 0.15) is 5.76 Å². The van der Waals surface area contributed by atoms with Crippen molar-refractivity contribution in [1.82, 2.24) is 0 Å². The van der Waals surface area contributed by atoms with Crippen LogP contribution in [0.25, 0.3) is 0 Å². The van der Waals surface area contributed by atoms with E-state index in [4.69, 9.17) is 21.6 Å². The third kappa shape index (κ3) is 3.52. The smallest absolute Gasteiger partial charge is 0.179 e. The fourth-order valence-corrected chi connectivity index (χ4v) is 4.39. The lowest BCUT2D eigenvalue weighted by molar-refractivity contribution is -0.962. The molecule has 0 radical (unpaired) electrons. The average molecular weight is 336 g/mol. The first-order chi connectivity index (χ1) is 11.5. The van der Waals surface area contributed by atoms with Crippen molar-refractivity contribution in [1.29, 1.82) is 5.41 Å². The van der Waals surface area contributed by atoms with E-state index in [9.17, 15) is 0 Å². The summed E-state index contributed by atoms with van der Waals surface area (Å²) in [6.45, 7) is 8.79. The zero-order valence-electron chi connectivity index (χ0n) is 15.4.